The number of hydrazone groups is 1. The number of amides is 1. The van der Waals surface area contributed by atoms with Crippen molar-refractivity contribution in [3.8, 4) is 5.75 Å². The lowest BCUT2D eigenvalue weighted by Crippen LogP contribution is -2.18. The third kappa shape index (κ3) is 4.09. The number of carbonyl (C=O) groups is 1. The van der Waals surface area contributed by atoms with Crippen LogP contribution in [0.5, 0.6) is 5.75 Å². The van der Waals surface area contributed by atoms with Crippen molar-refractivity contribution in [2.75, 3.05) is 0 Å². The number of aryl methyl sites for hydroxylation is 1. The van der Waals surface area contributed by atoms with Crippen LogP contribution in [-0.4, -0.2) is 22.2 Å². The highest BCUT2D eigenvalue weighted by Crippen LogP contribution is 2.31. The number of benzene rings is 2. The maximum atomic E-state index is 12.0. The van der Waals surface area contributed by atoms with E-state index in [1.165, 1.54) is 0 Å². The van der Waals surface area contributed by atoms with Crippen molar-refractivity contribution in [1.82, 2.24) is 5.43 Å². The molecular weight excluding hydrogens is 402 g/mol. The summed E-state index contributed by atoms with van der Waals surface area (Å²) in [5, 5.41) is 24.7. The Hall–Kier alpha value is -2.45. The first-order chi connectivity index (χ1) is 11.3. The number of nitrogens with zero attached hydrogens (tertiary/aromatic N) is 2. The van der Waals surface area contributed by atoms with Gasteiger partial charge in [-0.15, -0.1) is 0 Å². The van der Waals surface area contributed by atoms with E-state index >= 15 is 0 Å². The van der Waals surface area contributed by atoms with Crippen LogP contribution in [0.25, 0.3) is 0 Å². The van der Waals surface area contributed by atoms with E-state index in [0.717, 1.165) is 23.9 Å². The van der Waals surface area contributed by atoms with E-state index < -0.39 is 10.8 Å². The molecule has 0 aliphatic rings. The lowest BCUT2D eigenvalue weighted by Gasteiger charge is -2.04. The fraction of sp³-hybridized carbons (Fsp3) is 0.0667. The molecule has 0 unspecified atom stereocenters. The molecule has 2 N–H and O–H groups in total. The predicted molar refractivity (Wildman–Crippen MR) is 93.7 cm³/mol. The van der Waals surface area contributed by atoms with Gasteiger partial charge in [0, 0.05) is 17.7 Å². The second-order valence-corrected chi connectivity index (χ2v) is 6.07. The summed E-state index contributed by atoms with van der Waals surface area (Å²) in [5.41, 5.74) is 3.25. The summed E-state index contributed by atoms with van der Waals surface area (Å²) < 4.78 is 0.144. The number of rotatable bonds is 4. The summed E-state index contributed by atoms with van der Waals surface area (Å²) in [6, 6.07) is 7.23. The van der Waals surface area contributed by atoms with E-state index in [0.29, 0.717) is 0 Å². The molecule has 1 amide bonds. The molecule has 0 saturated carbocycles. The van der Waals surface area contributed by atoms with E-state index in [2.05, 4.69) is 26.5 Å². The molecule has 0 aromatic heterocycles. The van der Waals surface area contributed by atoms with Crippen molar-refractivity contribution in [2.45, 2.75) is 6.92 Å². The molecule has 24 heavy (non-hydrogen) atoms. The molecule has 2 rings (SSSR count). The predicted octanol–water partition coefficient (Wildman–Crippen LogP) is 3.79. The first-order valence-corrected chi connectivity index (χ1v) is 7.73. The molecule has 0 atom stereocenters. The minimum Gasteiger partial charge on any atom is -0.506 e. The minimum absolute atomic E-state index is 0.0754. The minimum atomic E-state index is -0.605. The van der Waals surface area contributed by atoms with Gasteiger partial charge in [-0.1, -0.05) is 17.7 Å². The Labute approximate surface area is 150 Å². The highest BCUT2D eigenvalue weighted by atomic mass is 79.9. The Kier molecular flexibility index (Phi) is 5.53. The van der Waals surface area contributed by atoms with Crippen LogP contribution in [0.1, 0.15) is 21.5 Å². The molecule has 2 aromatic rings. The molecule has 0 spiro atoms. The Morgan fingerprint density at radius 3 is 2.75 bits per heavy atom. The highest BCUT2D eigenvalue weighted by Gasteiger charge is 2.14. The number of nitrogens with one attached hydrogen (secondary N) is 1. The molecule has 7 nitrogen and oxygen atoms in total. The molecule has 0 radical (unpaired) electrons. The maximum Gasteiger partial charge on any atom is 0.272 e. The van der Waals surface area contributed by atoms with Crippen molar-refractivity contribution in [3.63, 3.8) is 0 Å². The second kappa shape index (κ2) is 7.41. The number of halogens is 2. The van der Waals surface area contributed by atoms with Gasteiger partial charge in [0.05, 0.1) is 26.2 Å². The monoisotopic (exact) mass is 411 g/mol. The van der Waals surface area contributed by atoms with E-state index in [1.807, 2.05) is 6.92 Å². The molecule has 9 heteroatoms. The van der Waals surface area contributed by atoms with Gasteiger partial charge in [-0.2, -0.15) is 5.10 Å². The fourth-order valence-corrected chi connectivity index (χ4v) is 2.62. The van der Waals surface area contributed by atoms with Crippen LogP contribution in [0.2, 0.25) is 5.02 Å². The fourth-order valence-electron chi connectivity index (χ4n) is 1.83. The summed E-state index contributed by atoms with van der Waals surface area (Å²) in [5.74, 6) is -0.771. The number of non-ortho nitro benzene ring substituents is 1. The summed E-state index contributed by atoms with van der Waals surface area (Å²) >= 11 is 9.01. The van der Waals surface area contributed by atoms with Crippen LogP contribution in [0.4, 0.5) is 5.69 Å². The molecule has 0 aliphatic carbocycles. The van der Waals surface area contributed by atoms with E-state index in [9.17, 15) is 20.0 Å². The van der Waals surface area contributed by atoms with Gasteiger partial charge in [0.15, 0.2) is 0 Å². The third-order valence-corrected chi connectivity index (χ3v) is 3.94. The number of phenolic OH excluding ortho intramolecular Hbond substituents is 1. The smallest absolute Gasteiger partial charge is 0.272 e. The number of phenols is 1. The van der Waals surface area contributed by atoms with Gasteiger partial charge in [-0.3, -0.25) is 14.9 Å². The highest BCUT2D eigenvalue weighted by molar-refractivity contribution is 9.10. The summed E-state index contributed by atoms with van der Waals surface area (Å²) in [7, 11) is 0. The lowest BCUT2D eigenvalue weighted by atomic mass is 10.1. The van der Waals surface area contributed by atoms with Gasteiger partial charge in [0.2, 0.25) is 0 Å². The number of nitro groups is 1. The SMILES string of the molecule is Cc1ccc(C(=O)N/N=C\c2cc([N+](=O)[O-])cc(Br)c2O)c(Cl)c1. The molecule has 0 saturated heterocycles. The van der Waals surface area contributed by atoms with Crippen molar-refractivity contribution < 1.29 is 14.8 Å². The van der Waals surface area contributed by atoms with Gasteiger partial charge in [0.25, 0.3) is 11.6 Å². The molecular formula is C15H11BrClN3O4. The Balaban J connectivity index is 2.20. The number of nitro benzene ring substituents is 1. The third-order valence-electron chi connectivity index (χ3n) is 3.03. The standard InChI is InChI=1S/C15H11BrClN3O4/c1-8-2-3-11(13(17)4-8)15(22)19-18-7-9-5-10(20(23)24)6-12(16)14(9)21/h2-7,21H,1H3,(H,19,22)/b18-7-. The number of hydrogen-bond donors (Lipinski definition) is 2. The first-order valence-electron chi connectivity index (χ1n) is 6.56. The van der Waals surface area contributed by atoms with Crippen molar-refractivity contribution in [3.05, 3.63) is 66.6 Å². The molecule has 0 heterocycles. The average molecular weight is 413 g/mol. The van der Waals surface area contributed by atoms with E-state index in [-0.39, 0.29) is 32.1 Å². The van der Waals surface area contributed by atoms with Gasteiger partial charge in [-0.25, -0.2) is 5.43 Å². The van der Waals surface area contributed by atoms with Gasteiger partial charge < -0.3 is 5.11 Å². The zero-order chi connectivity index (χ0) is 17.9. The topological polar surface area (TPSA) is 105 Å². The molecule has 0 aliphatic heterocycles. The zero-order valence-corrected chi connectivity index (χ0v) is 14.6. The first kappa shape index (κ1) is 17.9. The van der Waals surface area contributed by atoms with Gasteiger partial charge in [-0.05, 0) is 40.5 Å². The van der Waals surface area contributed by atoms with Crippen LogP contribution in [-0.2, 0) is 0 Å². The maximum absolute atomic E-state index is 12.0. The van der Waals surface area contributed by atoms with Crippen LogP contribution < -0.4 is 5.43 Å². The van der Waals surface area contributed by atoms with Crippen LogP contribution in [0, 0.1) is 17.0 Å². The largest absolute Gasteiger partial charge is 0.506 e. The average Bonchev–Trinajstić information content (AvgIpc) is 2.50. The van der Waals surface area contributed by atoms with Crippen LogP contribution >= 0.6 is 27.5 Å². The second-order valence-electron chi connectivity index (χ2n) is 4.80. The Morgan fingerprint density at radius 1 is 1.42 bits per heavy atom. The van der Waals surface area contributed by atoms with E-state index in [1.54, 1.807) is 18.2 Å². The Morgan fingerprint density at radius 2 is 2.12 bits per heavy atom. The molecule has 0 bridgehead atoms. The Bertz CT molecular complexity index is 855. The molecule has 2 aromatic carbocycles. The van der Waals surface area contributed by atoms with E-state index in [4.69, 9.17) is 11.6 Å². The van der Waals surface area contributed by atoms with Crippen molar-refractivity contribution >= 4 is 45.3 Å². The van der Waals surface area contributed by atoms with Crippen molar-refractivity contribution in [2.24, 2.45) is 5.10 Å². The van der Waals surface area contributed by atoms with Crippen molar-refractivity contribution in [1.29, 1.82) is 0 Å². The van der Waals surface area contributed by atoms with Crippen LogP contribution in [0.15, 0.2) is 39.9 Å². The normalized spacial score (nSPS) is 10.8. The van der Waals surface area contributed by atoms with Gasteiger partial charge in [0.1, 0.15) is 5.75 Å². The van der Waals surface area contributed by atoms with Gasteiger partial charge >= 0.3 is 0 Å². The number of aromatic hydroxyl groups is 1. The summed E-state index contributed by atoms with van der Waals surface area (Å²) in [4.78, 5) is 22.2. The molecule has 0 fully saturated rings. The number of hydrogen-bond acceptors (Lipinski definition) is 5. The quantitative estimate of drug-likeness (QED) is 0.453. The summed E-state index contributed by atoms with van der Waals surface area (Å²) in [6.07, 6.45) is 1.10. The van der Waals surface area contributed by atoms with Crippen LogP contribution in [0.3, 0.4) is 0 Å². The molecule has 124 valence electrons. The summed E-state index contributed by atoms with van der Waals surface area (Å²) in [6.45, 7) is 1.84. The number of carbonyl (C=O) groups excluding carboxylic acids is 1. The lowest BCUT2D eigenvalue weighted by molar-refractivity contribution is -0.385. The zero-order valence-electron chi connectivity index (χ0n) is 12.3.